The van der Waals surface area contributed by atoms with Crippen molar-refractivity contribution in [3.63, 3.8) is 0 Å². The second-order valence-corrected chi connectivity index (χ2v) is 7.70. The first-order valence-corrected chi connectivity index (χ1v) is 9.30. The molecule has 3 rings (SSSR count). The molecule has 2 aromatic carbocycles. The molecule has 0 aliphatic carbocycles. The van der Waals surface area contributed by atoms with Crippen LogP contribution in [0, 0.1) is 10.1 Å². The second kappa shape index (κ2) is 7.98. The van der Waals surface area contributed by atoms with Crippen molar-refractivity contribution in [2.45, 2.75) is 12.2 Å². The van der Waals surface area contributed by atoms with Gasteiger partial charge in [0.1, 0.15) is 0 Å². The lowest BCUT2D eigenvalue weighted by Crippen LogP contribution is -2.32. The van der Waals surface area contributed by atoms with E-state index in [2.05, 4.69) is 4.99 Å². The molecule has 7 nitrogen and oxygen atoms in total. The summed E-state index contributed by atoms with van der Waals surface area (Å²) in [6, 6.07) is 11.1. The number of aliphatic imine (C=N–C) groups is 1. The quantitative estimate of drug-likeness (QED) is 0.551. The van der Waals surface area contributed by atoms with E-state index in [1.165, 1.54) is 42.0 Å². The van der Waals surface area contributed by atoms with Gasteiger partial charge in [-0.2, -0.15) is 0 Å². The standard InChI is InChI=1S/C18H16ClN3O4S/c1-11-10-21(18(27-11)20-14-6-4-13(19)5-7-14)17(23)12-3-8-16(26-2)15(9-12)22(24)25/h3-9,11H,10H2,1-2H3/t11-/m1/s1. The Kier molecular flexibility index (Phi) is 5.67. The van der Waals surface area contributed by atoms with Gasteiger partial charge in [0.05, 0.1) is 17.7 Å². The van der Waals surface area contributed by atoms with Crippen molar-refractivity contribution in [3.8, 4) is 5.75 Å². The summed E-state index contributed by atoms with van der Waals surface area (Å²) in [5.41, 5.74) is 0.634. The van der Waals surface area contributed by atoms with Gasteiger partial charge < -0.3 is 4.74 Å². The third-order valence-corrected chi connectivity index (χ3v) is 5.22. The van der Waals surface area contributed by atoms with E-state index in [4.69, 9.17) is 16.3 Å². The molecule has 0 N–H and O–H groups in total. The van der Waals surface area contributed by atoms with Crippen molar-refractivity contribution in [1.82, 2.24) is 4.90 Å². The first-order chi connectivity index (χ1) is 12.9. The number of ether oxygens (including phenoxy) is 1. The van der Waals surface area contributed by atoms with Crippen molar-refractivity contribution in [3.05, 3.63) is 63.2 Å². The fraction of sp³-hybridized carbons (Fsp3) is 0.222. The monoisotopic (exact) mass is 405 g/mol. The number of benzene rings is 2. The minimum atomic E-state index is -0.570. The molecular formula is C18H16ClN3O4S. The van der Waals surface area contributed by atoms with Gasteiger partial charge in [-0.3, -0.25) is 19.8 Å². The largest absolute Gasteiger partial charge is 0.490 e. The molecule has 9 heteroatoms. The van der Waals surface area contributed by atoms with Crippen molar-refractivity contribution in [2.24, 2.45) is 4.99 Å². The highest BCUT2D eigenvalue weighted by Crippen LogP contribution is 2.32. The van der Waals surface area contributed by atoms with E-state index in [0.717, 1.165) is 0 Å². The van der Waals surface area contributed by atoms with Gasteiger partial charge in [-0.15, -0.1) is 0 Å². The van der Waals surface area contributed by atoms with Crippen LogP contribution in [0.25, 0.3) is 0 Å². The van der Waals surface area contributed by atoms with Gasteiger partial charge in [0.15, 0.2) is 10.9 Å². The number of hydrogen-bond donors (Lipinski definition) is 0. The van der Waals surface area contributed by atoms with E-state index in [-0.39, 0.29) is 28.2 Å². The SMILES string of the molecule is COc1ccc(C(=O)N2C[C@@H](C)SC2=Nc2ccc(Cl)cc2)cc1[N+](=O)[O-]. The number of amidine groups is 1. The van der Waals surface area contributed by atoms with Gasteiger partial charge in [-0.25, -0.2) is 4.99 Å². The number of amides is 1. The number of carbonyl (C=O) groups is 1. The summed E-state index contributed by atoms with van der Waals surface area (Å²) in [5.74, 6) is -0.235. The van der Waals surface area contributed by atoms with Gasteiger partial charge in [-0.1, -0.05) is 30.3 Å². The molecule has 0 aromatic heterocycles. The summed E-state index contributed by atoms with van der Waals surface area (Å²) in [5, 5.41) is 12.5. The Balaban J connectivity index is 1.93. The molecule has 0 radical (unpaired) electrons. The molecular weight excluding hydrogens is 390 g/mol. The van der Waals surface area contributed by atoms with Crippen LogP contribution in [-0.4, -0.2) is 39.8 Å². The van der Waals surface area contributed by atoms with Crippen molar-refractivity contribution >= 4 is 45.8 Å². The number of hydrogen-bond acceptors (Lipinski definition) is 6. The summed E-state index contributed by atoms with van der Waals surface area (Å²) in [4.78, 5) is 29.7. The molecule has 0 saturated carbocycles. The van der Waals surface area contributed by atoms with Crippen LogP contribution < -0.4 is 4.74 Å². The van der Waals surface area contributed by atoms with Crippen LogP contribution in [0.2, 0.25) is 5.02 Å². The van der Waals surface area contributed by atoms with Crippen LogP contribution in [0.5, 0.6) is 5.75 Å². The third-order valence-electron chi connectivity index (χ3n) is 3.90. The van der Waals surface area contributed by atoms with E-state index in [1.54, 1.807) is 24.3 Å². The summed E-state index contributed by atoms with van der Waals surface area (Å²) < 4.78 is 4.99. The molecule has 0 unspecified atom stereocenters. The Labute approximate surface area is 165 Å². The number of carbonyl (C=O) groups excluding carboxylic acids is 1. The average Bonchev–Trinajstić information content (AvgIpc) is 3.02. The van der Waals surface area contributed by atoms with Crippen LogP contribution in [0.1, 0.15) is 17.3 Å². The molecule has 1 amide bonds. The fourth-order valence-corrected chi connectivity index (χ4v) is 3.77. The van der Waals surface area contributed by atoms with E-state index in [9.17, 15) is 14.9 Å². The number of methoxy groups -OCH3 is 1. The zero-order chi connectivity index (χ0) is 19.6. The van der Waals surface area contributed by atoms with Gasteiger partial charge in [0, 0.05) is 28.4 Å². The molecule has 1 heterocycles. The molecule has 1 fully saturated rings. The average molecular weight is 406 g/mol. The highest BCUT2D eigenvalue weighted by atomic mass is 35.5. The van der Waals surface area contributed by atoms with Crippen molar-refractivity contribution in [2.75, 3.05) is 13.7 Å². The lowest BCUT2D eigenvalue weighted by molar-refractivity contribution is -0.385. The molecule has 0 bridgehead atoms. The lowest BCUT2D eigenvalue weighted by atomic mass is 10.1. The Morgan fingerprint density at radius 2 is 2.04 bits per heavy atom. The maximum absolute atomic E-state index is 13.0. The van der Waals surface area contributed by atoms with E-state index >= 15 is 0 Å². The van der Waals surface area contributed by atoms with Crippen molar-refractivity contribution in [1.29, 1.82) is 0 Å². The molecule has 27 heavy (non-hydrogen) atoms. The zero-order valence-corrected chi connectivity index (χ0v) is 16.2. The minimum Gasteiger partial charge on any atom is -0.490 e. The van der Waals surface area contributed by atoms with Gasteiger partial charge in [-0.05, 0) is 36.4 Å². The first-order valence-electron chi connectivity index (χ1n) is 8.04. The summed E-state index contributed by atoms with van der Waals surface area (Å²) in [7, 11) is 1.35. The maximum Gasteiger partial charge on any atom is 0.311 e. The number of nitro groups is 1. The smallest absolute Gasteiger partial charge is 0.311 e. The number of rotatable bonds is 4. The normalized spacial score (nSPS) is 18.0. The topological polar surface area (TPSA) is 85.0 Å². The molecule has 1 aliphatic rings. The van der Waals surface area contributed by atoms with Crippen LogP contribution in [0.4, 0.5) is 11.4 Å². The maximum atomic E-state index is 13.0. The van der Waals surface area contributed by atoms with E-state index < -0.39 is 4.92 Å². The van der Waals surface area contributed by atoms with E-state index in [0.29, 0.717) is 22.4 Å². The fourth-order valence-electron chi connectivity index (χ4n) is 2.62. The number of thioether (sulfide) groups is 1. The number of halogens is 1. The predicted molar refractivity (Wildman–Crippen MR) is 106 cm³/mol. The van der Waals surface area contributed by atoms with Crippen LogP contribution in [-0.2, 0) is 0 Å². The minimum absolute atomic E-state index is 0.107. The highest BCUT2D eigenvalue weighted by molar-refractivity contribution is 8.14. The summed E-state index contributed by atoms with van der Waals surface area (Å²) in [6.45, 7) is 2.46. The zero-order valence-electron chi connectivity index (χ0n) is 14.6. The first kappa shape index (κ1) is 19.2. The van der Waals surface area contributed by atoms with Crippen molar-refractivity contribution < 1.29 is 14.5 Å². The summed E-state index contributed by atoms with van der Waals surface area (Å²) in [6.07, 6.45) is 0. The number of nitro benzene ring substituents is 1. The Morgan fingerprint density at radius 3 is 2.67 bits per heavy atom. The lowest BCUT2D eigenvalue weighted by Gasteiger charge is -2.16. The Hall–Kier alpha value is -2.58. The van der Waals surface area contributed by atoms with Crippen LogP contribution >= 0.6 is 23.4 Å². The summed E-state index contributed by atoms with van der Waals surface area (Å²) >= 11 is 7.37. The number of nitrogens with zero attached hydrogens (tertiary/aromatic N) is 3. The Morgan fingerprint density at radius 1 is 1.33 bits per heavy atom. The highest BCUT2D eigenvalue weighted by Gasteiger charge is 2.32. The second-order valence-electron chi connectivity index (χ2n) is 5.86. The molecule has 2 aromatic rings. The molecule has 1 atom stereocenters. The van der Waals surface area contributed by atoms with Crippen LogP contribution in [0.3, 0.4) is 0 Å². The van der Waals surface area contributed by atoms with Gasteiger partial charge >= 0.3 is 5.69 Å². The molecule has 1 saturated heterocycles. The molecule has 1 aliphatic heterocycles. The van der Waals surface area contributed by atoms with Gasteiger partial charge in [0.25, 0.3) is 5.91 Å². The Bertz CT molecular complexity index is 917. The third kappa shape index (κ3) is 4.23. The molecule has 140 valence electrons. The van der Waals surface area contributed by atoms with Crippen LogP contribution in [0.15, 0.2) is 47.5 Å². The predicted octanol–water partition coefficient (Wildman–Crippen LogP) is 4.52. The van der Waals surface area contributed by atoms with E-state index in [1.807, 2.05) is 6.92 Å². The van der Waals surface area contributed by atoms with Gasteiger partial charge in [0.2, 0.25) is 0 Å². The molecule has 0 spiro atoms.